The third kappa shape index (κ3) is 3.50. The summed E-state index contributed by atoms with van der Waals surface area (Å²) >= 11 is -0.228. The van der Waals surface area contributed by atoms with Crippen molar-refractivity contribution >= 4 is 11.8 Å². The number of thioether (sulfide) groups is 1. The molecular formula is C17H12F3NO2S. The molecule has 0 aliphatic heterocycles. The van der Waals surface area contributed by atoms with Crippen LogP contribution in [0.5, 0.6) is 11.5 Å². The highest BCUT2D eigenvalue weighted by atomic mass is 32.2. The van der Waals surface area contributed by atoms with E-state index in [2.05, 4.69) is 0 Å². The lowest BCUT2D eigenvalue weighted by Crippen LogP contribution is -2.03. The Morgan fingerprint density at radius 1 is 1.25 bits per heavy atom. The van der Waals surface area contributed by atoms with Gasteiger partial charge in [0.25, 0.3) is 0 Å². The number of aliphatic hydroxyl groups excluding tert-OH is 1. The predicted molar refractivity (Wildman–Crippen MR) is 82.9 cm³/mol. The van der Waals surface area contributed by atoms with Crippen molar-refractivity contribution in [3.8, 4) is 17.6 Å². The average molecular weight is 351 g/mol. The number of nitrogens with zero attached hydrogens (tertiary/aromatic N) is 1. The predicted octanol–water partition coefficient (Wildman–Crippen LogP) is 4.94. The number of halogens is 3. The highest BCUT2D eigenvalue weighted by Gasteiger charge is 2.35. The molecular weight excluding hydrogens is 339 g/mol. The van der Waals surface area contributed by atoms with Crippen LogP contribution in [0.25, 0.3) is 0 Å². The van der Waals surface area contributed by atoms with Crippen molar-refractivity contribution in [2.75, 3.05) is 0 Å². The molecule has 1 N–H and O–H groups in total. The summed E-state index contributed by atoms with van der Waals surface area (Å²) in [6.07, 6.45) is -0.131. The molecule has 3 rings (SSSR count). The van der Waals surface area contributed by atoms with Gasteiger partial charge in [-0.1, -0.05) is 6.07 Å². The summed E-state index contributed by atoms with van der Waals surface area (Å²) in [5.41, 5.74) is -3.13. The summed E-state index contributed by atoms with van der Waals surface area (Å²) in [5, 5.41) is 19.0. The van der Waals surface area contributed by atoms with Crippen molar-refractivity contribution < 1.29 is 23.0 Å². The van der Waals surface area contributed by atoms with E-state index in [0.717, 1.165) is 0 Å². The highest BCUT2D eigenvalue weighted by molar-refractivity contribution is 8.00. The van der Waals surface area contributed by atoms with Crippen LogP contribution in [-0.4, -0.2) is 10.6 Å². The Bertz CT molecular complexity index is 814. The molecule has 0 bridgehead atoms. The van der Waals surface area contributed by atoms with Gasteiger partial charge < -0.3 is 9.84 Å². The third-order valence-corrected chi connectivity index (χ3v) is 4.50. The van der Waals surface area contributed by atoms with Crippen molar-refractivity contribution in [2.45, 2.75) is 29.3 Å². The first kappa shape index (κ1) is 16.7. The van der Waals surface area contributed by atoms with E-state index in [9.17, 15) is 18.3 Å². The molecule has 0 fully saturated rings. The Morgan fingerprint density at radius 2 is 2.04 bits per heavy atom. The van der Waals surface area contributed by atoms with E-state index in [-0.39, 0.29) is 22.2 Å². The molecule has 1 aliphatic carbocycles. The maximum absolute atomic E-state index is 12.7. The summed E-state index contributed by atoms with van der Waals surface area (Å²) in [6, 6.07) is 11.3. The van der Waals surface area contributed by atoms with Gasteiger partial charge in [-0.2, -0.15) is 18.4 Å². The van der Waals surface area contributed by atoms with Crippen LogP contribution in [0.2, 0.25) is 0 Å². The topological polar surface area (TPSA) is 53.2 Å². The van der Waals surface area contributed by atoms with Gasteiger partial charge in [0.05, 0.1) is 17.7 Å². The summed E-state index contributed by atoms with van der Waals surface area (Å²) in [6.45, 7) is 0. The molecule has 0 saturated carbocycles. The minimum atomic E-state index is -4.42. The Morgan fingerprint density at radius 3 is 2.75 bits per heavy atom. The van der Waals surface area contributed by atoms with Crippen LogP contribution in [0.4, 0.5) is 13.2 Å². The molecule has 124 valence electrons. The van der Waals surface area contributed by atoms with Gasteiger partial charge in [0.15, 0.2) is 0 Å². The lowest BCUT2D eigenvalue weighted by Gasteiger charge is -2.16. The van der Waals surface area contributed by atoms with Crippen LogP contribution in [-0.2, 0) is 6.42 Å². The quantitative estimate of drug-likeness (QED) is 0.796. The second-order valence-corrected chi connectivity index (χ2v) is 6.40. The number of hydrogen-bond acceptors (Lipinski definition) is 4. The molecule has 2 aromatic carbocycles. The third-order valence-electron chi connectivity index (χ3n) is 3.69. The Kier molecular flexibility index (Phi) is 4.43. The van der Waals surface area contributed by atoms with Gasteiger partial charge >= 0.3 is 5.51 Å². The van der Waals surface area contributed by atoms with Crippen LogP contribution in [0, 0.1) is 11.3 Å². The average Bonchev–Trinajstić information content (AvgIpc) is 2.91. The van der Waals surface area contributed by atoms with Crippen LogP contribution >= 0.6 is 11.8 Å². The van der Waals surface area contributed by atoms with Crippen molar-refractivity contribution in [3.63, 3.8) is 0 Å². The highest BCUT2D eigenvalue weighted by Crippen LogP contribution is 2.47. The van der Waals surface area contributed by atoms with Crippen molar-refractivity contribution in [1.29, 1.82) is 5.26 Å². The van der Waals surface area contributed by atoms with Gasteiger partial charge in [0.2, 0.25) is 0 Å². The lowest BCUT2D eigenvalue weighted by atomic mass is 10.1. The van der Waals surface area contributed by atoms with Crippen LogP contribution in [0.3, 0.4) is 0 Å². The van der Waals surface area contributed by atoms with E-state index >= 15 is 0 Å². The summed E-state index contributed by atoms with van der Waals surface area (Å²) in [7, 11) is 0. The van der Waals surface area contributed by atoms with Crippen LogP contribution in [0.1, 0.15) is 29.2 Å². The standard InChI is InChI=1S/C17H12F3NO2S/c18-17(19,20)24-15-7-6-14(12-4-5-13(22)16(12)15)23-11-3-1-2-10(8-11)9-21/h1-3,6-8,13,22H,4-5H2. The van der Waals surface area contributed by atoms with Gasteiger partial charge in [-0.05, 0) is 54.9 Å². The molecule has 1 atom stereocenters. The molecule has 0 spiro atoms. The van der Waals surface area contributed by atoms with E-state index < -0.39 is 11.6 Å². The fourth-order valence-corrected chi connectivity index (χ4v) is 3.49. The maximum Gasteiger partial charge on any atom is 0.446 e. The number of ether oxygens (including phenoxy) is 1. The zero-order chi connectivity index (χ0) is 17.3. The Balaban J connectivity index is 1.97. The van der Waals surface area contributed by atoms with Crippen molar-refractivity contribution in [3.05, 3.63) is 53.1 Å². The molecule has 0 amide bonds. The van der Waals surface area contributed by atoms with Crippen LogP contribution in [0.15, 0.2) is 41.3 Å². The molecule has 0 radical (unpaired) electrons. The van der Waals surface area contributed by atoms with Crippen molar-refractivity contribution in [2.24, 2.45) is 0 Å². The SMILES string of the molecule is N#Cc1cccc(Oc2ccc(SC(F)(F)F)c3c2CCC3O)c1. The number of hydrogen-bond donors (Lipinski definition) is 1. The molecule has 24 heavy (non-hydrogen) atoms. The first-order valence-electron chi connectivity index (χ1n) is 7.15. The summed E-state index contributed by atoms with van der Waals surface area (Å²) < 4.78 is 43.8. The molecule has 0 aromatic heterocycles. The molecule has 1 aliphatic rings. The second kappa shape index (κ2) is 6.38. The summed E-state index contributed by atoms with van der Waals surface area (Å²) in [4.78, 5) is 0.000579. The maximum atomic E-state index is 12.7. The number of rotatable bonds is 3. The normalized spacial score (nSPS) is 16.5. The fourth-order valence-electron chi connectivity index (χ4n) is 2.74. The van der Waals surface area contributed by atoms with E-state index in [4.69, 9.17) is 10.00 Å². The smallest absolute Gasteiger partial charge is 0.446 e. The van der Waals surface area contributed by atoms with Gasteiger partial charge in [-0.15, -0.1) is 0 Å². The fraction of sp³-hybridized carbons (Fsp3) is 0.235. The first-order valence-corrected chi connectivity index (χ1v) is 7.96. The van der Waals surface area contributed by atoms with Crippen molar-refractivity contribution in [1.82, 2.24) is 0 Å². The minimum Gasteiger partial charge on any atom is -0.457 e. The summed E-state index contributed by atoms with van der Waals surface area (Å²) in [5.74, 6) is 0.831. The molecule has 2 aromatic rings. The number of alkyl halides is 3. The van der Waals surface area contributed by atoms with Gasteiger partial charge in [0, 0.05) is 16.0 Å². The molecule has 1 unspecified atom stereocenters. The van der Waals surface area contributed by atoms with Crippen LogP contribution < -0.4 is 4.74 Å². The van der Waals surface area contributed by atoms with E-state index in [0.29, 0.717) is 35.5 Å². The zero-order valence-corrected chi connectivity index (χ0v) is 13.1. The molecule has 3 nitrogen and oxygen atoms in total. The lowest BCUT2D eigenvalue weighted by molar-refractivity contribution is -0.0328. The zero-order valence-electron chi connectivity index (χ0n) is 12.3. The van der Waals surface area contributed by atoms with Gasteiger partial charge in [0.1, 0.15) is 11.5 Å². The largest absolute Gasteiger partial charge is 0.457 e. The van der Waals surface area contributed by atoms with E-state index in [1.165, 1.54) is 12.1 Å². The number of fused-ring (bicyclic) bond motifs is 1. The number of benzene rings is 2. The Hall–Kier alpha value is -2.17. The van der Waals surface area contributed by atoms with E-state index in [1.54, 1.807) is 24.3 Å². The molecule has 0 saturated heterocycles. The van der Waals surface area contributed by atoms with Gasteiger partial charge in [-0.3, -0.25) is 0 Å². The monoisotopic (exact) mass is 351 g/mol. The van der Waals surface area contributed by atoms with E-state index in [1.807, 2.05) is 6.07 Å². The first-order chi connectivity index (χ1) is 11.4. The minimum absolute atomic E-state index is 0.000579. The van der Waals surface area contributed by atoms with Gasteiger partial charge in [-0.25, -0.2) is 0 Å². The number of nitriles is 1. The Labute approximate surface area is 140 Å². The number of aliphatic hydroxyl groups is 1. The second-order valence-electron chi connectivity index (χ2n) is 5.30. The molecule has 7 heteroatoms. The molecule has 0 heterocycles.